The largest absolute Gasteiger partial charge is 0.338 e. The summed E-state index contributed by atoms with van der Waals surface area (Å²) < 4.78 is 0. The van der Waals surface area contributed by atoms with Crippen molar-refractivity contribution in [1.82, 2.24) is 10.6 Å². The van der Waals surface area contributed by atoms with Crippen molar-refractivity contribution in [3.8, 4) is 0 Å². The van der Waals surface area contributed by atoms with E-state index < -0.39 is 0 Å². The minimum absolute atomic E-state index is 0.0402. The van der Waals surface area contributed by atoms with E-state index in [1.807, 2.05) is 61.5 Å². The SMILES string of the molecule is Cc1ccc(N2C[C@@H](NC(=O)NCCc3ccccc3)CC2=O)cc1. The summed E-state index contributed by atoms with van der Waals surface area (Å²) in [5.41, 5.74) is 3.22. The van der Waals surface area contributed by atoms with E-state index in [1.165, 1.54) is 5.56 Å². The summed E-state index contributed by atoms with van der Waals surface area (Å²) in [7, 11) is 0. The van der Waals surface area contributed by atoms with E-state index in [2.05, 4.69) is 10.6 Å². The lowest BCUT2D eigenvalue weighted by atomic mass is 10.1. The standard InChI is InChI=1S/C20H23N3O2/c1-15-7-9-18(10-8-15)23-14-17(13-19(23)24)22-20(25)21-12-11-16-5-3-2-4-6-16/h2-10,17H,11-14H2,1H3,(H2,21,22,25)/t17-/m0/s1. The number of rotatable bonds is 5. The Balaban J connectivity index is 1.46. The number of anilines is 1. The molecule has 0 saturated carbocycles. The molecule has 1 saturated heterocycles. The highest BCUT2D eigenvalue weighted by molar-refractivity contribution is 5.96. The minimum atomic E-state index is -0.223. The van der Waals surface area contributed by atoms with Crippen molar-refractivity contribution in [2.75, 3.05) is 18.0 Å². The number of aryl methyl sites for hydroxylation is 1. The molecule has 2 N–H and O–H groups in total. The van der Waals surface area contributed by atoms with Crippen LogP contribution >= 0.6 is 0 Å². The molecule has 2 aromatic carbocycles. The molecule has 2 aromatic rings. The molecule has 0 bridgehead atoms. The van der Waals surface area contributed by atoms with Crippen molar-refractivity contribution in [3.63, 3.8) is 0 Å². The third-order valence-electron chi connectivity index (χ3n) is 4.35. The van der Waals surface area contributed by atoms with Crippen LogP contribution in [-0.2, 0) is 11.2 Å². The van der Waals surface area contributed by atoms with Gasteiger partial charge < -0.3 is 15.5 Å². The fourth-order valence-electron chi connectivity index (χ4n) is 2.98. The number of hydrogen-bond acceptors (Lipinski definition) is 2. The van der Waals surface area contributed by atoms with Crippen molar-refractivity contribution in [2.24, 2.45) is 0 Å². The maximum absolute atomic E-state index is 12.2. The zero-order valence-corrected chi connectivity index (χ0v) is 14.4. The van der Waals surface area contributed by atoms with Crippen molar-refractivity contribution in [2.45, 2.75) is 25.8 Å². The van der Waals surface area contributed by atoms with Crippen molar-refractivity contribution < 1.29 is 9.59 Å². The lowest BCUT2D eigenvalue weighted by Gasteiger charge is -2.17. The first-order valence-corrected chi connectivity index (χ1v) is 8.57. The first kappa shape index (κ1) is 17.0. The topological polar surface area (TPSA) is 61.4 Å². The Morgan fingerprint density at radius 1 is 1.12 bits per heavy atom. The Hall–Kier alpha value is -2.82. The molecular formula is C20H23N3O2. The van der Waals surface area contributed by atoms with Crippen LogP contribution in [0.4, 0.5) is 10.5 Å². The van der Waals surface area contributed by atoms with Gasteiger partial charge in [-0.2, -0.15) is 0 Å². The Morgan fingerprint density at radius 3 is 2.56 bits per heavy atom. The number of nitrogens with zero attached hydrogens (tertiary/aromatic N) is 1. The second kappa shape index (κ2) is 7.83. The highest BCUT2D eigenvalue weighted by Crippen LogP contribution is 2.21. The normalized spacial score (nSPS) is 16.8. The Kier molecular flexibility index (Phi) is 5.33. The number of hydrogen-bond donors (Lipinski definition) is 2. The van der Waals surface area contributed by atoms with Gasteiger partial charge in [-0.15, -0.1) is 0 Å². The molecule has 1 fully saturated rings. The maximum atomic E-state index is 12.2. The number of carbonyl (C=O) groups is 2. The average molecular weight is 337 g/mol. The second-order valence-electron chi connectivity index (χ2n) is 6.38. The van der Waals surface area contributed by atoms with Crippen LogP contribution < -0.4 is 15.5 Å². The summed E-state index contributed by atoms with van der Waals surface area (Å²) in [6, 6.07) is 17.5. The monoisotopic (exact) mass is 337 g/mol. The van der Waals surface area contributed by atoms with Crippen LogP contribution in [0.25, 0.3) is 0 Å². The molecule has 5 heteroatoms. The predicted octanol–water partition coefficient (Wildman–Crippen LogP) is 2.64. The zero-order valence-electron chi connectivity index (χ0n) is 14.4. The zero-order chi connectivity index (χ0) is 17.6. The average Bonchev–Trinajstić information content (AvgIpc) is 2.96. The molecule has 130 valence electrons. The van der Waals surface area contributed by atoms with Crippen LogP contribution in [0, 0.1) is 6.92 Å². The number of benzene rings is 2. The summed E-state index contributed by atoms with van der Waals surface area (Å²) in [5, 5.41) is 5.75. The van der Waals surface area contributed by atoms with Gasteiger partial charge in [0, 0.05) is 25.2 Å². The molecule has 1 atom stereocenters. The van der Waals surface area contributed by atoms with Crippen molar-refractivity contribution in [1.29, 1.82) is 0 Å². The summed E-state index contributed by atoms with van der Waals surface area (Å²) >= 11 is 0. The fourth-order valence-corrected chi connectivity index (χ4v) is 2.98. The van der Waals surface area contributed by atoms with Crippen LogP contribution in [0.3, 0.4) is 0 Å². The van der Waals surface area contributed by atoms with E-state index >= 15 is 0 Å². The molecule has 0 unspecified atom stereocenters. The molecule has 5 nitrogen and oxygen atoms in total. The van der Waals surface area contributed by atoms with Crippen molar-refractivity contribution >= 4 is 17.6 Å². The predicted molar refractivity (Wildman–Crippen MR) is 98.6 cm³/mol. The molecule has 1 heterocycles. The summed E-state index contributed by atoms with van der Waals surface area (Å²) in [4.78, 5) is 26.0. The Labute approximate surface area is 148 Å². The van der Waals surface area contributed by atoms with Gasteiger partial charge in [-0.05, 0) is 31.0 Å². The first-order valence-electron chi connectivity index (χ1n) is 8.57. The molecule has 1 aliphatic heterocycles. The molecule has 0 spiro atoms. The molecule has 0 aromatic heterocycles. The third-order valence-corrected chi connectivity index (χ3v) is 4.35. The number of urea groups is 1. The van der Waals surface area contributed by atoms with Gasteiger partial charge >= 0.3 is 6.03 Å². The molecule has 25 heavy (non-hydrogen) atoms. The van der Waals surface area contributed by atoms with Gasteiger partial charge in [0.2, 0.25) is 5.91 Å². The summed E-state index contributed by atoms with van der Waals surface area (Å²) in [6.45, 7) is 3.09. The van der Waals surface area contributed by atoms with Crippen LogP contribution in [0.15, 0.2) is 54.6 Å². The first-order chi connectivity index (χ1) is 12.1. The summed E-state index contributed by atoms with van der Waals surface area (Å²) in [5.74, 6) is 0.0402. The smallest absolute Gasteiger partial charge is 0.315 e. The lowest BCUT2D eigenvalue weighted by molar-refractivity contribution is -0.117. The maximum Gasteiger partial charge on any atom is 0.315 e. The van der Waals surface area contributed by atoms with Gasteiger partial charge in [0.1, 0.15) is 0 Å². The van der Waals surface area contributed by atoms with Crippen LogP contribution in [-0.4, -0.2) is 31.1 Å². The van der Waals surface area contributed by atoms with Crippen molar-refractivity contribution in [3.05, 3.63) is 65.7 Å². The molecule has 3 rings (SSSR count). The van der Waals surface area contributed by atoms with Gasteiger partial charge in [-0.1, -0.05) is 48.0 Å². The van der Waals surface area contributed by atoms with Crippen LogP contribution in [0.1, 0.15) is 17.5 Å². The Morgan fingerprint density at radius 2 is 1.84 bits per heavy atom. The number of nitrogens with one attached hydrogen (secondary N) is 2. The number of amides is 3. The van der Waals surface area contributed by atoms with E-state index in [0.717, 1.165) is 17.7 Å². The highest BCUT2D eigenvalue weighted by atomic mass is 16.2. The fraction of sp³-hybridized carbons (Fsp3) is 0.300. The molecule has 0 aliphatic carbocycles. The number of carbonyl (C=O) groups excluding carboxylic acids is 2. The van der Waals surface area contributed by atoms with E-state index in [-0.39, 0.29) is 18.0 Å². The summed E-state index contributed by atoms with van der Waals surface area (Å²) in [6.07, 6.45) is 1.12. The third kappa shape index (κ3) is 4.59. The van der Waals surface area contributed by atoms with E-state index in [0.29, 0.717) is 19.5 Å². The minimum Gasteiger partial charge on any atom is -0.338 e. The quantitative estimate of drug-likeness (QED) is 0.881. The van der Waals surface area contributed by atoms with Gasteiger partial charge in [0.05, 0.1) is 6.04 Å². The molecule has 0 radical (unpaired) electrons. The second-order valence-corrected chi connectivity index (χ2v) is 6.38. The van der Waals surface area contributed by atoms with Crippen LogP contribution in [0.5, 0.6) is 0 Å². The molecule has 3 amide bonds. The van der Waals surface area contributed by atoms with Gasteiger partial charge in [-0.25, -0.2) is 4.79 Å². The van der Waals surface area contributed by atoms with E-state index in [1.54, 1.807) is 4.90 Å². The van der Waals surface area contributed by atoms with Crippen LogP contribution in [0.2, 0.25) is 0 Å². The molecule has 1 aliphatic rings. The van der Waals surface area contributed by atoms with E-state index in [9.17, 15) is 9.59 Å². The Bertz CT molecular complexity index is 728. The van der Waals surface area contributed by atoms with Gasteiger partial charge in [0.25, 0.3) is 0 Å². The lowest BCUT2D eigenvalue weighted by Crippen LogP contribution is -2.43. The van der Waals surface area contributed by atoms with E-state index in [4.69, 9.17) is 0 Å². The highest BCUT2D eigenvalue weighted by Gasteiger charge is 2.31. The van der Waals surface area contributed by atoms with Gasteiger partial charge in [-0.3, -0.25) is 4.79 Å². The van der Waals surface area contributed by atoms with Gasteiger partial charge in [0.15, 0.2) is 0 Å². The molecular weight excluding hydrogens is 314 g/mol.